The highest BCUT2D eigenvalue weighted by Crippen LogP contribution is 2.19. The number of halogens is 2. The number of carbonyl (C=O) groups excluding carboxylic acids is 2. The molecule has 7 nitrogen and oxygen atoms in total. The molecular weight excluding hydrogens is 348 g/mol. The topological polar surface area (TPSA) is 82.5 Å². The van der Waals surface area contributed by atoms with Crippen molar-refractivity contribution in [1.82, 2.24) is 9.78 Å². The third-order valence-corrected chi connectivity index (χ3v) is 3.02. The maximum absolute atomic E-state index is 13.6. The number of amides is 1. The maximum atomic E-state index is 13.6. The van der Waals surface area contributed by atoms with E-state index in [2.05, 4.69) is 5.10 Å². The predicted octanol–water partition coefficient (Wildman–Crippen LogP) is 3.12. The second kappa shape index (κ2) is 7.94. The molecule has 1 amide bonds. The molecule has 1 unspecified atom stereocenters. The molecule has 140 valence electrons. The Balaban J connectivity index is 2.12. The lowest BCUT2D eigenvalue weighted by molar-refractivity contribution is -0.165. The van der Waals surface area contributed by atoms with Crippen LogP contribution in [-0.2, 0) is 20.8 Å². The number of para-hydroxylation sites is 1. The Morgan fingerprint density at radius 3 is 2.42 bits per heavy atom. The number of esters is 1. The predicted molar refractivity (Wildman–Crippen MR) is 88.3 cm³/mol. The van der Waals surface area contributed by atoms with Gasteiger partial charge in [-0.2, -0.15) is 5.10 Å². The van der Waals surface area contributed by atoms with E-state index in [-0.39, 0.29) is 6.54 Å². The van der Waals surface area contributed by atoms with Crippen molar-refractivity contribution in [3.63, 3.8) is 0 Å². The molecule has 0 fully saturated rings. The minimum absolute atomic E-state index is 0.116. The summed E-state index contributed by atoms with van der Waals surface area (Å²) in [4.78, 5) is 24.3. The molecule has 1 aromatic heterocycles. The summed E-state index contributed by atoms with van der Waals surface area (Å²) in [7, 11) is 0. The van der Waals surface area contributed by atoms with Crippen molar-refractivity contribution < 1.29 is 27.8 Å². The fourth-order valence-corrected chi connectivity index (χ4v) is 1.98. The van der Waals surface area contributed by atoms with Crippen molar-refractivity contribution in [2.24, 2.45) is 0 Å². The fraction of sp³-hybridized carbons (Fsp3) is 0.353. The Morgan fingerprint density at radius 1 is 1.23 bits per heavy atom. The van der Waals surface area contributed by atoms with Crippen LogP contribution in [0.5, 0.6) is 0 Å². The van der Waals surface area contributed by atoms with Crippen molar-refractivity contribution in [3.05, 3.63) is 48.3 Å². The van der Waals surface area contributed by atoms with Gasteiger partial charge in [0, 0.05) is 12.4 Å². The van der Waals surface area contributed by atoms with Gasteiger partial charge in [-0.1, -0.05) is 6.07 Å². The number of ether oxygens (including phenoxy) is 2. The number of hydrogen-bond donors (Lipinski definition) is 1. The molecule has 9 heteroatoms. The molecule has 0 bridgehead atoms. The van der Waals surface area contributed by atoms with Gasteiger partial charge in [0.2, 0.25) is 6.10 Å². The van der Waals surface area contributed by atoms with Crippen molar-refractivity contribution in [2.75, 3.05) is 5.32 Å². The molecule has 2 rings (SSSR count). The summed E-state index contributed by atoms with van der Waals surface area (Å²) in [5.41, 5.74) is -1.48. The zero-order valence-electron chi connectivity index (χ0n) is 14.5. The Labute approximate surface area is 148 Å². The number of nitrogens with one attached hydrogen (secondary N) is 1. The first kappa shape index (κ1) is 19.4. The van der Waals surface area contributed by atoms with Gasteiger partial charge in [0.25, 0.3) is 0 Å². The second-order valence-corrected chi connectivity index (χ2v) is 6.38. The highest BCUT2D eigenvalue weighted by Gasteiger charge is 2.29. The SMILES string of the molecule is CC(C)(C)OC(=O)C(Cn1cccn1)OC(=O)Nc1c(F)cccc1F. The van der Waals surface area contributed by atoms with Gasteiger partial charge in [-0.3, -0.25) is 10.00 Å². The average molecular weight is 367 g/mol. The lowest BCUT2D eigenvalue weighted by Gasteiger charge is -2.24. The molecule has 1 aromatic carbocycles. The molecule has 0 saturated heterocycles. The van der Waals surface area contributed by atoms with E-state index in [0.29, 0.717) is 0 Å². The first-order valence-corrected chi connectivity index (χ1v) is 7.77. The Bertz CT molecular complexity index is 753. The van der Waals surface area contributed by atoms with Crippen molar-refractivity contribution in [3.8, 4) is 0 Å². The summed E-state index contributed by atoms with van der Waals surface area (Å²) >= 11 is 0. The number of aromatic nitrogens is 2. The molecule has 0 aliphatic carbocycles. The third-order valence-electron chi connectivity index (χ3n) is 3.02. The largest absolute Gasteiger partial charge is 0.457 e. The van der Waals surface area contributed by atoms with E-state index in [1.165, 1.54) is 10.9 Å². The summed E-state index contributed by atoms with van der Waals surface area (Å²) in [6.07, 6.45) is 0.497. The van der Waals surface area contributed by atoms with Crippen LogP contribution in [0.3, 0.4) is 0 Å². The first-order valence-electron chi connectivity index (χ1n) is 7.77. The Kier molecular flexibility index (Phi) is 5.91. The maximum Gasteiger partial charge on any atom is 0.412 e. The molecule has 0 aliphatic heterocycles. The van der Waals surface area contributed by atoms with Crippen LogP contribution in [0.4, 0.5) is 19.3 Å². The molecule has 0 spiro atoms. The van der Waals surface area contributed by atoms with Crippen LogP contribution >= 0.6 is 0 Å². The smallest absolute Gasteiger partial charge is 0.412 e. The molecule has 0 radical (unpaired) electrons. The number of benzene rings is 1. The van der Waals surface area contributed by atoms with Gasteiger partial charge >= 0.3 is 12.1 Å². The Hall–Kier alpha value is -2.97. The normalized spacial score (nSPS) is 12.3. The summed E-state index contributed by atoms with van der Waals surface area (Å²) in [6.45, 7) is 4.86. The lowest BCUT2D eigenvalue weighted by Crippen LogP contribution is -2.38. The molecule has 2 aromatic rings. The molecular formula is C17H19F2N3O4. The number of anilines is 1. The number of carbonyl (C=O) groups is 2. The van der Waals surface area contributed by atoms with Gasteiger partial charge in [-0.15, -0.1) is 0 Å². The molecule has 1 heterocycles. The average Bonchev–Trinajstić information content (AvgIpc) is 3.02. The molecule has 26 heavy (non-hydrogen) atoms. The van der Waals surface area contributed by atoms with E-state index in [0.717, 1.165) is 18.2 Å². The van der Waals surface area contributed by atoms with Crippen LogP contribution in [-0.4, -0.2) is 33.5 Å². The third kappa shape index (κ3) is 5.54. The molecule has 1 N–H and O–H groups in total. The summed E-state index contributed by atoms with van der Waals surface area (Å²) in [5, 5.41) is 5.89. The van der Waals surface area contributed by atoms with Crippen LogP contribution < -0.4 is 5.32 Å². The zero-order valence-corrected chi connectivity index (χ0v) is 14.5. The van der Waals surface area contributed by atoms with E-state index in [1.807, 2.05) is 5.32 Å². The van der Waals surface area contributed by atoms with Crippen LogP contribution in [0.1, 0.15) is 20.8 Å². The summed E-state index contributed by atoms with van der Waals surface area (Å²) < 4.78 is 38.8. The van der Waals surface area contributed by atoms with Crippen LogP contribution in [0, 0.1) is 11.6 Å². The Morgan fingerprint density at radius 2 is 1.88 bits per heavy atom. The van der Waals surface area contributed by atoms with Crippen molar-refractivity contribution in [1.29, 1.82) is 0 Å². The monoisotopic (exact) mass is 367 g/mol. The van der Waals surface area contributed by atoms with E-state index in [1.54, 1.807) is 33.0 Å². The summed E-state index contributed by atoms with van der Waals surface area (Å²) in [5.74, 6) is -2.75. The van der Waals surface area contributed by atoms with E-state index in [9.17, 15) is 18.4 Å². The lowest BCUT2D eigenvalue weighted by atomic mass is 10.2. The van der Waals surface area contributed by atoms with Gasteiger partial charge < -0.3 is 9.47 Å². The second-order valence-electron chi connectivity index (χ2n) is 6.38. The van der Waals surface area contributed by atoms with Gasteiger partial charge in [0.05, 0.1) is 6.54 Å². The molecule has 1 atom stereocenters. The van der Waals surface area contributed by atoms with Crippen LogP contribution in [0.15, 0.2) is 36.7 Å². The number of hydrogen-bond acceptors (Lipinski definition) is 5. The summed E-state index contributed by atoms with van der Waals surface area (Å²) in [6, 6.07) is 4.74. The minimum Gasteiger partial charge on any atom is -0.457 e. The molecule has 0 aliphatic rings. The quantitative estimate of drug-likeness (QED) is 0.821. The van der Waals surface area contributed by atoms with Gasteiger partial charge in [0.1, 0.15) is 22.9 Å². The minimum atomic E-state index is -1.36. The van der Waals surface area contributed by atoms with E-state index >= 15 is 0 Å². The number of nitrogens with zero attached hydrogens (tertiary/aromatic N) is 2. The van der Waals surface area contributed by atoms with E-state index in [4.69, 9.17) is 9.47 Å². The zero-order chi connectivity index (χ0) is 19.3. The fourth-order valence-electron chi connectivity index (χ4n) is 1.98. The molecule has 0 saturated carbocycles. The van der Waals surface area contributed by atoms with Gasteiger partial charge in [-0.25, -0.2) is 18.4 Å². The van der Waals surface area contributed by atoms with E-state index < -0.39 is 41.1 Å². The van der Waals surface area contributed by atoms with Crippen molar-refractivity contribution >= 4 is 17.7 Å². The van der Waals surface area contributed by atoms with Crippen LogP contribution in [0.2, 0.25) is 0 Å². The number of rotatable bonds is 5. The van der Waals surface area contributed by atoms with Gasteiger partial charge in [0.15, 0.2) is 0 Å². The standard InChI is InChI=1S/C17H19F2N3O4/c1-17(2,3)26-15(23)13(10-22-9-5-8-20-22)25-16(24)21-14-11(18)6-4-7-12(14)19/h4-9,13H,10H2,1-3H3,(H,21,24). The highest BCUT2D eigenvalue weighted by molar-refractivity contribution is 5.87. The van der Waals surface area contributed by atoms with Gasteiger partial charge in [-0.05, 0) is 39.0 Å². The van der Waals surface area contributed by atoms with Crippen LogP contribution in [0.25, 0.3) is 0 Å². The van der Waals surface area contributed by atoms with Crippen molar-refractivity contribution in [2.45, 2.75) is 39.0 Å². The first-order chi connectivity index (χ1) is 12.2. The highest BCUT2D eigenvalue weighted by atomic mass is 19.1.